The molecule has 144 valence electrons. The van der Waals surface area contributed by atoms with Crippen molar-refractivity contribution in [2.45, 2.75) is 52.5 Å². The van der Waals surface area contributed by atoms with Crippen LogP contribution in [0, 0.1) is 12.7 Å². The number of halogens is 1. The molecule has 1 aliphatic rings. The Kier molecular flexibility index (Phi) is 5.30. The molecular formula is C20H24FN3O3. The molecule has 1 aromatic heterocycles. The number of aliphatic carboxylic acids is 1. The molecule has 1 aliphatic carbocycles. The maximum atomic E-state index is 14.5. The van der Waals surface area contributed by atoms with Crippen LogP contribution >= 0.6 is 0 Å². The number of nitrogens with zero attached hydrogens (tertiary/aromatic N) is 3. The molecule has 0 saturated heterocycles. The van der Waals surface area contributed by atoms with Crippen molar-refractivity contribution in [2.75, 3.05) is 6.54 Å². The molecule has 7 heteroatoms. The van der Waals surface area contributed by atoms with Gasteiger partial charge in [-0.25, -0.2) is 9.07 Å². The predicted octanol–water partition coefficient (Wildman–Crippen LogP) is 3.13. The summed E-state index contributed by atoms with van der Waals surface area (Å²) < 4.78 is 16.0. The minimum Gasteiger partial charge on any atom is -0.480 e. The lowest BCUT2D eigenvalue weighted by molar-refractivity contribution is -0.138. The number of rotatable bonds is 6. The van der Waals surface area contributed by atoms with E-state index in [1.165, 1.54) is 15.6 Å². The predicted molar refractivity (Wildman–Crippen MR) is 98.7 cm³/mol. The fourth-order valence-corrected chi connectivity index (χ4v) is 3.62. The van der Waals surface area contributed by atoms with Crippen molar-refractivity contribution in [3.8, 4) is 5.69 Å². The van der Waals surface area contributed by atoms with Crippen LogP contribution in [0.25, 0.3) is 5.69 Å². The number of carbonyl (C=O) groups excluding carboxylic acids is 1. The Morgan fingerprint density at radius 3 is 2.74 bits per heavy atom. The number of benzene rings is 1. The van der Waals surface area contributed by atoms with Crippen LogP contribution in [0.5, 0.6) is 0 Å². The summed E-state index contributed by atoms with van der Waals surface area (Å²) in [4.78, 5) is 25.7. The number of aromatic nitrogens is 2. The minimum atomic E-state index is -1.07. The molecule has 0 spiro atoms. The van der Waals surface area contributed by atoms with Gasteiger partial charge < -0.3 is 10.0 Å². The number of hydrogen-bond donors (Lipinski definition) is 1. The van der Waals surface area contributed by atoms with Gasteiger partial charge in [-0.2, -0.15) is 5.10 Å². The fourth-order valence-electron chi connectivity index (χ4n) is 3.62. The Hall–Kier alpha value is -2.70. The maximum Gasteiger partial charge on any atom is 0.323 e. The Labute approximate surface area is 157 Å². The van der Waals surface area contributed by atoms with Gasteiger partial charge >= 0.3 is 5.97 Å². The fraction of sp³-hybridized carbons (Fsp3) is 0.450. The number of para-hydroxylation sites is 1. The van der Waals surface area contributed by atoms with Gasteiger partial charge in [-0.1, -0.05) is 19.1 Å². The van der Waals surface area contributed by atoms with Gasteiger partial charge in [-0.05, 0) is 51.2 Å². The summed E-state index contributed by atoms with van der Waals surface area (Å²) in [6.07, 6.45) is 2.90. The van der Waals surface area contributed by atoms with E-state index in [9.17, 15) is 19.1 Å². The largest absolute Gasteiger partial charge is 0.480 e. The Balaban J connectivity index is 2.10. The molecule has 6 nitrogen and oxygen atoms in total. The lowest BCUT2D eigenvalue weighted by atomic mass is 10.1. The third-order valence-corrected chi connectivity index (χ3v) is 5.22. The first-order valence-electron chi connectivity index (χ1n) is 9.24. The normalized spacial score (nSPS) is 14.1. The SMILES string of the molecule is CCC(C)N(CC(=O)O)C(=O)c1nn(-c2c(C)cccc2F)c2c1CCC2. The number of fused-ring (bicyclic) bond motifs is 1. The molecule has 0 radical (unpaired) electrons. The monoisotopic (exact) mass is 373 g/mol. The standard InChI is InChI=1S/C20H24FN3O3/c1-4-13(3)23(11-17(25)26)20(27)18-14-8-6-10-16(14)24(22-18)19-12(2)7-5-9-15(19)21/h5,7,9,13H,4,6,8,10-11H2,1-3H3,(H,25,26). The van der Waals surface area contributed by atoms with Gasteiger partial charge in [0.25, 0.3) is 5.91 Å². The van der Waals surface area contributed by atoms with E-state index in [4.69, 9.17) is 0 Å². The first-order valence-corrected chi connectivity index (χ1v) is 9.24. The summed E-state index contributed by atoms with van der Waals surface area (Å²) in [7, 11) is 0. The first kappa shape index (κ1) is 19.1. The lowest BCUT2D eigenvalue weighted by Crippen LogP contribution is -2.42. The Morgan fingerprint density at radius 2 is 2.11 bits per heavy atom. The van der Waals surface area contributed by atoms with Crippen molar-refractivity contribution < 1.29 is 19.1 Å². The van der Waals surface area contributed by atoms with Gasteiger partial charge in [-0.3, -0.25) is 9.59 Å². The van der Waals surface area contributed by atoms with Gasteiger partial charge in [0.15, 0.2) is 5.69 Å². The quantitative estimate of drug-likeness (QED) is 0.844. The van der Waals surface area contributed by atoms with Crippen molar-refractivity contribution in [1.82, 2.24) is 14.7 Å². The van der Waals surface area contributed by atoms with E-state index in [0.717, 1.165) is 23.2 Å². The summed E-state index contributed by atoms with van der Waals surface area (Å²) in [5.74, 6) is -1.86. The van der Waals surface area contributed by atoms with Crippen molar-refractivity contribution in [1.29, 1.82) is 0 Å². The number of carboxylic acid groups (broad SMARTS) is 1. The second-order valence-corrected chi connectivity index (χ2v) is 7.03. The van der Waals surface area contributed by atoms with Crippen LogP contribution in [-0.4, -0.2) is 44.3 Å². The van der Waals surface area contributed by atoms with Crippen LogP contribution < -0.4 is 0 Å². The van der Waals surface area contributed by atoms with Crippen LogP contribution in [0.3, 0.4) is 0 Å². The van der Waals surface area contributed by atoms with Gasteiger partial charge in [0.1, 0.15) is 18.0 Å². The molecule has 1 atom stereocenters. The Morgan fingerprint density at radius 1 is 1.37 bits per heavy atom. The van der Waals surface area contributed by atoms with Gasteiger partial charge in [0, 0.05) is 17.3 Å². The highest BCUT2D eigenvalue weighted by molar-refractivity contribution is 5.96. The van der Waals surface area contributed by atoms with Gasteiger partial charge in [0.2, 0.25) is 0 Å². The maximum absolute atomic E-state index is 14.5. The van der Waals surface area contributed by atoms with E-state index in [0.29, 0.717) is 24.9 Å². The average Bonchev–Trinajstić information content (AvgIpc) is 3.21. The average molecular weight is 373 g/mol. The van der Waals surface area contributed by atoms with E-state index < -0.39 is 17.7 Å². The van der Waals surface area contributed by atoms with Gasteiger partial charge in [-0.15, -0.1) is 0 Å². The second kappa shape index (κ2) is 7.50. The smallest absolute Gasteiger partial charge is 0.323 e. The van der Waals surface area contributed by atoms with E-state index in [-0.39, 0.29) is 18.3 Å². The zero-order valence-electron chi connectivity index (χ0n) is 15.8. The molecule has 1 N–H and O–H groups in total. The van der Waals surface area contributed by atoms with Crippen LogP contribution in [-0.2, 0) is 17.6 Å². The lowest BCUT2D eigenvalue weighted by Gasteiger charge is -2.26. The van der Waals surface area contributed by atoms with Crippen LogP contribution in [0.1, 0.15) is 54.0 Å². The van der Waals surface area contributed by atoms with E-state index in [1.807, 2.05) is 13.8 Å². The molecular weight excluding hydrogens is 349 g/mol. The van der Waals surface area contributed by atoms with Crippen molar-refractivity contribution in [3.63, 3.8) is 0 Å². The van der Waals surface area contributed by atoms with Crippen LogP contribution in [0.15, 0.2) is 18.2 Å². The van der Waals surface area contributed by atoms with Crippen molar-refractivity contribution >= 4 is 11.9 Å². The third kappa shape index (κ3) is 3.46. The summed E-state index contributed by atoms with van der Waals surface area (Å²) in [6, 6.07) is 4.59. The van der Waals surface area contributed by atoms with Crippen LogP contribution in [0.2, 0.25) is 0 Å². The Bertz CT molecular complexity index is 871. The molecule has 0 saturated carbocycles. The summed E-state index contributed by atoms with van der Waals surface area (Å²) in [6.45, 7) is 5.14. The first-order chi connectivity index (χ1) is 12.8. The molecule has 1 aromatic carbocycles. The third-order valence-electron chi connectivity index (χ3n) is 5.22. The molecule has 1 unspecified atom stereocenters. The summed E-state index contributed by atoms with van der Waals surface area (Å²) >= 11 is 0. The molecule has 3 rings (SSSR count). The highest BCUT2D eigenvalue weighted by Gasteiger charge is 2.32. The van der Waals surface area contributed by atoms with Crippen LogP contribution in [0.4, 0.5) is 4.39 Å². The molecule has 1 heterocycles. The molecule has 0 aliphatic heterocycles. The summed E-state index contributed by atoms with van der Waals surface area (Å²) in [5.41, 5.74) is 2.97. The van der Waals surface area contributed by atoms with E-state index in [1.54, 1.807) is 19.1 Å². The molecule has 27 heavy (non-hydrogen) atoms. The highest BCUT2D eigenvalue weighted by Crippen LogP contribution is 2.31. The summed E-state index contributed by atoms with van der Waals surface area (Å²) in [5, 5.41) is 13.7. The number of hydrogen-bond acceptors (Lipinski definition) is 3. The van der Waals surface area contributed by atoms with E-state index >= 15 is 0 Å². The molecule has 2 aromatic rings. The van der Waals surface area contributed by atoms with E-state index in [2.05, 4.69) is 5.10 Å². The zero-order chi connectivity index (χ0) is 19.7. The topological polar surface area (TPSA) is 75.4 Å². The molecule has 1 amide bonds. The second-order valence-electron chi connectivity index (χ2n) is 7.03. The highest BCUT2D eigenvalue weighted by atomic mass is 19.1. The number of amides is 1. The number of aryl methyl sites for hydroxylation is 1. The zero-order valence-corrected chi connectivity index (χ0v) is 15.8. The molecule has 0 bridgehead atoms. The van der Waals surface area contributed by atoms with Crippen molar-refractivity contribution in [2.24, 2.45) is 0 Å². The van der Waals surface area contributed by atoms with Crippen molar-refractivity contribution in [3.05, 3.63) is 46.5 Å². The number of carbonyl (C=O) groups is 2. The minimum absolute atomic E-state index is 0.231. The number of carboxylic acids is 1. The van der Waals surface area contributed by atoms with Gasteiger partial charge in [0.05, 0.1) is 0 Å². The molecule has 0 fully saturated rings.